The van der Waals surface area contributed by atoms with Crippen LogP contribution in [0.4, 0.5) is 4.39 Å². The van der Waals surface area contributed by atoms with E-state index >= 15 is 4.39 Å². The third-order valence-corrected chi connectivity index (χ3v) is 14.2. The van der Waals surface area contributed by atoms with Gasteiger partial charge < -0.3 is 30.7 Å². The molecule has 2 heterocycles. The summed E-state index contributed by atoms with van der Waals surface area (Å²) >= 11 is 0. The maximum absolute atomic E-state index is 17.4. The van der Waals surface area contributed by atoms with E-state index < -0.39 is 81.8 Å². The monoisotopic (exact) mass is 792 g/mol. The summed E-state index contributed by atoms with van der Waals surface area (Å²) in [6.45, 7) is 5.67. The summed E-state index contributed by atoms with van der Waals surface area (Å²) in [7, 11) is 0. The van der Waals surface area contributed by atoms with Crippen molar-refractivity contribution in [2.24, 2.45) is 28.6 Å². The van der Waals surface area contributed by atoms with Gasteiger partial charge in [0.2, 0.25) is 11.8 Å². The second-order valence-corrected chi connectivity index (χ2v) is 17.2. The number of ether oxygens (including phenoxy) is 1. The summed E-state index contributed by atoms with van der Waals surface area (Å²) in [6, 6.07) is 3.59. The van der Waals surface area contributed by atoms with Crippen molar-refractivity contribution in [1.82, 2.24) is 20.9 Å². The summed E-state index contributed by atoms with van der Waals surface area (Å²) in [6.07, 6.45) is 5.76. The van der Waals surface area contributed by atoms with Gasteiger partial charge in [0, 0.05) is 41.8 Å². The fourth-order valence-corrected chi connectivity index (χ4v) is 11.2. The van der Waals surface area contributed by atoms with Gasteiger partial charge in [-0.3, -0.25) is 39.0 Å². The van der Waals surface area contributed by atoms with Gasteiger partial charge in [0.25, 0.3) is 17.7 Å². The van der Waals surface area contributed by atoms with Crippen LogP contribution in [0.2, 0.25) is 0 Å². The smallest absolute Gasteiger partial charge is 0.261 e. The highest BCUT2D eigenvalue weighted by Crippen LogP contribution is 2.70. The Labute approximate surface area is 330 Å². The van der Waals surface area contributed by atoms with Crippen LogP contribution in [0.15, 0.2) is 42.0 Å². The molecule has 5 amide bonds. The number of alkyl halides is 1. The number of hydrogen-bond acceptors (Lipinski definition) is 10. The molecule has 0 bridgehead atoms. The van der Waals surface area contributed by atoms with Crippen LogP contribution in [0.5, 0.6) is 5.75 Å². The van der Waals surface area contributed by atoms with Crippen molar-refractivity contribution in [3.05, 3.63) is 53.1 Å². The number of unbranched alkanes of at least 4 members (excludes halogenated alkanes) is 3. The van der Waals surface area contributed by atoms with Crippen LogP contribution in [0.25, 0.3) is 0 Å². The molecule has 1 aromatic carbocycles. The maximum Gasteiger partial charge on any atom is 0.261 e. The van der Waals surface area contributed by atoms with Crippen LogP contribution in [0, 0.1) is 28.6 Å². The van der Waals surface area contributed by atoms with Crippen LogP contribution in [0.1, 0.15) is 107 Å². The summed E-state index contributed by atoms with van der Waals surface area (Å²) in [5.41, 5.74) is -5.06. The van der Waals surface area contributed by atoms with E-state index in [1.54, 1.807) is 19.1 Å². The fraction of sp³-hybridized carbons (Fsp3) is 0.619. The molecule has 0 spiro atoms. The molecule has 2 aliphatic heterocycles. The first-order valence-corrected chi connectivity index (χ1v) is 20.2. The first kappa shape index (κ1) is 40.7. The Hall–Kier alpha value is -4.47. The largest absolute Gasteiger partial charge is 0.483 e. The zero-order valence-corrected chi connectivity index (χ0v) is 32.6. The molecule has 3 saturated carbocycles. The number of imide groups is 1. The van der Waals surface area contributed by atoms with E-state index in [4.69, 9.17) is 4.74 Å². The fourth-order valence-electron chi connectivity index (χ4n) is 11.2. The molecule has 10 atom stereocenters. The predicted molar refractivity (Wildman–Crippen MR) is 202 cm³/mol. The van der Waals surface area contributed by atoms with Crippen molar-refractivity contribution in [3.8, 4) is 5.75 Å². The van der Waals surface area contributed by atoms with Crippen molar-refractivity contribution in [3.63, 3.8) is 0 Å². The Bertz CT molecular complexity index is 1940. The van der Waals surface area contributed by atoms with Crippen molar-refractivity contribution >= 4 is 35.3 Å². The molecule has 6 N–H and O–H groups in total. The highest BCUT2D eigenvalue weighted by Gasteiger charge is 2.75. The number of aliphatic hydroxyl groups excluding tert-OH is 2. The molecular formula is C42H53FN4O10. The van der Waals surface area contributed by atoms with Crippen molar-refractivity contribution in [2.75, 3.05) is 19.7 Å². The minimum Gasteiger partial charge on any atom is -0.483 e. The van der Waals surface area contributed by atoms with E-state index in [0.717, 1.165) is 17.7 Å². The maximum atomic E-state index is 17.4. The Morgan fingerprint density at radius 1 is 1.00 bits per heavy atom. The Kier molecular flexibility index (Phi) is 10.7. The van der Waals surface area contributed by atoms with Gasteiger partial charge in [0.05, 0.1) is 11.7 Å². The van der Waals surface area contributed by atoms with E-state index in [-0.39, 0.29) is 54.4 Å². The van der Waals surface area contributed by atoms with E-state index in [9.17, 15) is 44.1 Å². The molecule has 4 aliphatic carbocycles. The SMILES string of the molecule is C[C@@H]1C[C@H]2[C@@H]3CCC4=CC(=O)C=C[C@]4(C)[C@@]3(F)[C@@H](O)C[C@]2(C)[C@@]1(O)C(=O)NCCCCCCNC(=O)COc1cccc2c1C(=O)N(C1CCC(=O)NC1=O)C2O. The number of ketones is 1. The summed E-state index contributed by atoms with van der Waals surface area (Å²) < 4.78 is 23.1. The van der Waals surface area contributed by atoms with E-state index in [1.807, 2.05) is 13.8 Å². The molecular weight excluding hydrogens is 739 g/mol. The topological polar surface area (TPSA) is 212 Å². The lowest BCUT2D eigenvalue weighted by Crippen LogP contribution is -2.70. The van der Waals surface area contributed by atoms with Gasteiger partial charge in [0.15, 0.2) is 29.9 Å². The molecule has 6 aliphatic rings. The quantitative estimate of drug-likeness (QED) is 0.135. The first-order valence-electron chi connectivity index (χ1n) is 20.2. The summed E-state index contributed by atoms with van der Waals surface area (Å²) in [4.78, 5) is 76.8. The molecule has 1 aromatic rings. The number of allylic oxidation sites excluding steroid dienone is 4. The van der Waals surface area contributed by atoms with E-state index in [2.05, 4.69) is 16.0 Å². The number of nitrogens with one attached hydrogen (secondary N) is 3. The number of benzene rings is 1. The highest BCUT2D eigenvalue weighted by molar-refractivity contribution is 6.07. The Morgan fingerprint density at radius 2 is 1.72 bits per heavy atom. The van der Waals surface area contributed by atoms with Crippen LogP contribution in [-0.2, 0) is 24.0 Å². The molecule has 0 radical (unpaired) electrons. The molecule has 2 unspecified atom stereocenters. The van der Waals surface area contributed by atoms with Gasteiger partial charge >= 0.3 is 0 Å². The zero-order chi connectivity index (χ0) is 41.1. The average Bonchev–Trinajstić information content (AvgIpc) is 3.54. The second-order valence-electron chi connectivity index (χ2n) is 17.2. The summed E-state index contributed by atoms with van der Waals surface area (Å²) in [5.74, 6) is -4.17. The second kappa shape index (κ2) is 15.0. The lowest BCUT2D eigenvalue weighted by Gasteiger charge is -2.62. The van der Waals surface area contributed by atoms with Gasteiger partial charge in [-0.25, -0.2) is 4.39 Å². The number of amides is 5. The Balaban J connectivity index is 0.846. The molecule has 1 saturated heterocycles. The molecule has 15 heteroatoms. The van der Waals surface area contributed by atoms with Crippen molar-refractivity contribution in [1.29, 1.82) is 0 Å². The number of halogens is 1. The highest BCUT2D eigenvalue weighted by atomic mass is 19.1. The minimum atomic E-state index is -2.04. The normalized spacial score (nSPS) is 36.8. The van der Waals surface area contributed by atoms with Gasteiger partial charge in [-0.2, -0.15) is 0 Å². The van der Waals surface area contributed by atoms with Crippen molar-refractivity contribution in [2.45, 2.75) is 115 Å². The number of rotatable bonds is 12. The zero-order valence-electron chi connectivity index (χ0n) is 32.6. The number of hydrogen-bond donors (Lipinski definition) is 6. The van der Waals surface area contributed by atoms with E-state index in [0.29, 0.717) is 50.8 Å². The molecule has 14 nitrogen and oxygen atoms in total. The lowest BCUT2D eigenvalue weighted by atomic mass is 9.44. The number of fused-ring (bicyclic) bond motifs is 6. The van der Waals surface area contributed by atoms with E-state index in [1.165, 1.54) is 24.3 Å². The molecule has 0 aromatic heterocycles. The molecule has 57 heavy (non-hydrogen) atoms. The van der Waals surface area contributed by atoms with Crippen LogP contribution < -0.4 is 20.7 Å². The number of aliphatic hydroxyl groups is 3. The third-order valence-electron chi connectivity index (χ3n) is 14.2. The molecule has 308 valence electrons. The van der Waals surface area contributed by atoms with Crippen LogP contribution in [-0.4, -0.2) is 98.7 Å². The number of carbonyl (C=O) groups excluding carboxylic acids is 6. The first-order chi connectivity index (χ1) is 27.0. The average molecular weight is 793 g/mol. The summed E-state index contributed by atoms with van der Waals surface area (Å²) in [5, 5.41) is 42.5. The number of carbonyl (C=O) groups is 6. The van der Waals surface area contributed by atoms with Gasteiger partial charge in [-0.15, -0.1) is 0 Å². The van der Waals surface area contributed by atoms with Gasteiger partial charge in [-0.1, -0.05) is 50.5 Å². The Morgan fingerprint density at radius 3 is 2.44 bits per heavy atom. The van der Waals surface area contributed by atoms with Crippen LogP contribution in [0.3, 0.4) is 0 Å². The van der Waals surface area contributed by atoms with Crippen LogP contribution >= 0.6 is 0 Å². The standard InChI is InChI=1S/C42H53FN4O10/c1-23-19-28-27-12-11-24-20-25(48)15-16-39(24,2)41(27,43)31(49)21-40(28,3)42(23,56)38(55)45-18-7-5-4-6-17-44-33(51)22-57-30-10-8-9-26-34(30)37(54)47(36(26)53)29-13-14-32(50)46-35(29)52/h8-10,15-16,20,23,27-29,31,36,49,53,56H,4-7,11-14,17-19,21-22H2,1-3H3,(H,44,51)(H,45,55)(H,46,50,52)/t23-,27+,28+,29?,31+,36?,39+,40+,41+,42+/m1/s1. The third kappa shape index (κ3) is 6.40. The van der Waals surface area contributed by atoms with Gasteiger partial charge in [0.1, 0.15) is 11.8 Å². The van der Waals surface area contributed by atoms with Crippen molar-refractivity contribution < 1.29 is 53.2 Å². The van der Waals surface area contributed by atoms with Gasteiger partial charge in [-0.05, 0) is 81.9 Å². The number of nitrogens with zero attached hydrogens (tertiary/aromatic N) is 1. The molecule has 4 fully saturated rings. The minimum absolute atomic E-state index is 0.0358. The number of piperidine rings is 1. The predicted octanol–water partition coefficient (Wildman–Crippen LogP) is 2.46. The molecule has 7 rings (SSSR count). The lowest BCUT2D eigenvalue weighted by molar-refractivity contribution is -0.219.